The van der Waals surface area contributed by atoms with Gasteiger partial charge in [0.2, 0.25) is 11.8 Å². The lowest BCUT2D eigenvalue weighted by Crippen LogP contribution is -2.51. The smallest absolute Gasteiger partial charge is 0.410 e. The Bertz CT molecular complexity index is 1410. The van der Waals surface area contributed by atoms with Crippen LogP contribution in [0.2, 0.25) is 0 Å². The topological polar surface area (TPSA) is 134 Å². The number of carbonyl (C=O) groups is 3. The van der Waals surface area contributed by atoms with Crippen LogP contribution in [0.15, 0.2) is 36.5 Å². The van der Waals surface area contributed by atoms with Crippen molar-refractivity contribution < 1.29 is 33.0 Å². The van der Waals surface area contributed by atoms with Gasteiger partial charge in [-0.3, -0.25) is 4.79 Å². The second-order valence-corrected chi connectivity index (χ2v) is 13.1. The number of likely N-dealkylation sites (tertiary alicyclic amines) is 2. The first-order valence-electron chi connectivity index (χ1n) is 15.9. The van der Waals surface area contributed by atoms with Crippen LogP contribution in [0.4, 0.5) is 14.0 Å². The summed E-state index contributed by atoms with van der Waals surface area (Å²) in [5, 5.41) is 12.1. The molecule has 1 aromatic heterocycles. The molecule has 1 aromatic carbocycles. The number of pyridine rings is 1. The van der Waals surface area contributed by atoms with Crippen LogP contribution < -0.4 is 10.1 Å². The number of alkyl carbamates (subject to hydrolysis) is 1. The zero-order chi connectivity index (χ0) is 33.4. The van der Waals surface area contributed by atoms with E-state index in [1.807, 2.05) is 13.8 Å². The van der Waals surface area contributed by atoms with E-state index in [-0.39, 0.29) is 24.2 Å². The standard InChI is InChI=1S/C34H44FN5O6/c1-22(2)45-33(43)39-15-12-23(13-16-39)21-44-30-11-10-26(20-37-30)24-8-9-25(28(35)17-24)18-29(38-32(42)46-34(3,4)5)31(41)40-14-6-7-27(40)19-36/h8-11,17,20,22-23,27,29H,6-7,12-16,18,21H2,1-5H3,(H,38,42)/t27-,29-/m0/s1. The van der Waals surface area contributed by atoms with Crippen LogP contribution in [0.3, 0.4) is 0 Å². The lowest BCUT2D eigenvalue weighted by atomic mass is 9.98. The molecule has 0 bridgehead atoms. The molecule has 0 spiro atoms. The van der Waals surface area contributed by atoms with Gasteiger partial charge in [0.25, 0.3) is 0 Å². The van der Waals surface area contributed by atoms with E-state index in [4.69, 9.17) is 14.2 Å². The van der Waals surface area contributed by atoms with Crippen LogP contribution in [-0.4, -0.2) is 82.9 Å². The Hall–Kier alpha value is -4.40. The predicted octanol–water partition coefficient (Wildman–Crippen LogP) is 5.47. The second kappa shape index (κ2) is 15.3. The molecule has 0 radical (unpaired) electrons. The van der Waals surface area contributed by atoms with Crippen LogP contribution in [-0.2, 0) is 20.7 Å². The summed E-state index contributed by atoms with van der Waals surface area (Å²) in [5.74, 6) is -0.238. The number of nitrogens with one attached hydrogen (secondary N) is 1. The average molecular weight is 638 g/mol. The first-order valence-corrected chi connectivity index (χ1v) is 15.9. The zero-order valence-corrected chi connectivity index (χ0v) is 27.3. The van der Waals surface area contributed by atoms with Crippen molar-refractivity contribution in [3.8, 4) is 23.1 Å². The van der Waals surface area contributed by atoms with Gasteiger partial charge in [0.15, 0.2) is 0 Å². The molecule has 248 valence electrons. The molecule has 2 saturated heterocycles. The first kappa shape index (κ1) is 34.5. The Morgan fingerprint density at radius 1 is 1.09 bits per heavy atom. The van der Waals surface area contributed by atoms with Crippen molar-refractivity contribution in [2.45, 2.75) is 90.5 Å². The van der Waals surface area contributed by atoms with Gasteiger partial charge in [-0.2, -0.15) is 5.26 Å². The van der Waals surface area contributed by atoms with Crippen LogP contribution in [0, 0.1) is 23.1 Å². The maximum atomic E-state index is 15.4. The number of amides is 3. The molecule has 2 aliphatic rings. The monoisotopic (exact) mass is 637 g/mol. The summed E-state index contributed by atoms with van der Waals surface area (Å²) in [7, 11) is 0. The van der Waals surface area contributed by atoms with Gasteiger partial charge >= 0.3 is 12.2 Å². The maximum absolute atomic E-state index is 15.4. The quantitative estimate of drug-likeness (QED) is 0.383. The van der Waals surface area contributed by atoms with Crippen molar-refractivity contribution in [2.24, 2.45) is 5.92 Å². The van der Waals surface area contributed by atoms with Crippen molar-refractivity contribution in [3.05, 3.63) is 47.9 Å². The Morgan fingerprint density at radius 3 is 2.41 bits per heavy atom. The first-order chi connectivity index (χ1) is 21.8. The largest absolute Gasteiger partial charge is 0.477 e. The van der Waals surface area contributed by atoms with Gasteiger partial charge < -0.3 is 29.3 Å². The van der Waals surface area contributed by atoms with Crippen molar-refractivity contribution >= 4 is 18.1 Å². The maximum Gasteiger partial charge on any atom is 0.410 e. The van der Waals surface area contributed by atoms with Gasteiger partial charge in [-0.15, -0.1) is 0 Å². The molecular formula is C34H44FN5O6. The summed E-state index contributed by atoms with van der Waals surface area (Å²) < 4.78 is 32.0. The number of rotatable bonds is 9. The van der Waals surface area contributed by atoms with E-state index in [1.165, 1.54) is 11.0 Å². The van der Waals surface area contributed by atoms with Crippen LogP contribution in [0.25, 0.3) is 11.1 Å². The third kappa shape index (κ3) is 9.55. The SMILES string of the molecule is CC(C)OC(=O)N1CCC(COc2ccc(-c3ccc(C[C@H](NC(=O)OC(C)(C)C)C(=O)N4CCC[C@H]4C#N)c(F)c3)cn2)CC1. The van der Waals surface area contributed by atoms with Gasteiger partial charge in [-0.05, 0) is 89.5 Å². The molecule has 1 N–H and O–H groups in total. The molecule has 0 saturated carbocycles. The highest BCUT2D eigenvalue weighted by molar-refractivity contribution is 5.87. The zero-order valence-electron chi connectivity index (χ0n) is 27.3. The summed E-state index contributed by atoms with van der Waals surface area (Å²) in [6, 6.07) is 8.66. The second-order valence-electron chi connectivity index (χ2n) is 13.1. The average Bonchev–Trinajstić information content (AvgIpc) is 3.48. The third-order valence-electron chi connectivity index (χ3n) is 7.90. The molecule has 0 aliphatic carbocycles. The molecule has 2 atom stereocenters. The molecule has 3 heterocycles. The van der Waals surface area contributed by atoms with Crippen LogP contribution in [0.1, 0.15) is 65.9 Å². The minimum Gasteiger partial charge on any atom is -0.477 e. The fourth-order valence-corrected chi connectivity index (χ4v) is 5.53. The van der Waals surface area contributed by atoms with Gasteiger partial charge in [0.05, 0.1) is 18.8 Å². The summed E-state index contributed by atoms with van der Waals surface area (Å²) in [6.07, 6.45) is 3.15. The molecule has 0 unspecified atom stereocenters. The van der Waals surface area contributed by atoms with Crippen molar-refractivity contribution in [2.75, 3.05) is 26.2 Å². The number of carbonyl (C=O) groups excluding carboxylic acids is 3. The number of nitrogens with zero attached hydrogens (tertiary/aromatic N) is 4. The number of halogens is 1. The fourth-order valence-electron chi connectivity index (χ4n) is 5.53. The third-order valence-corrected chi connectivity index (χ3v) is 7.90. The van der Waals surface area contributed by atoms with E-state index in [1.54, 1.807) is 56.1 Å². The Labute approximate surface area is 270 Å². The van der Waals surface area contributed by atoms with E-state index < -0.39 is 35.5 Å². The van der Waals surface area contributed by atoms with Gasteiger partial charge in [-0.25, -0.2) is 19.0 Å². The van der Waals surface area contributed by atoms with Gasteiger partial charge in [0, 0.05) is 43.9 Å². The van der Waals surface area contributed by atoms with E-state index in [2.05, 4.69) is 16.4 Å². The highest BCUT2D eigenvalue weighted by atomic mass is 19.1. The van der Waals surface area contributed by atoms with Gasteiger partial charge in [-0.1, -0.05) is 12.1 Å². The molecule has 2 aromatic rings. The van der Waals surface area contributed by atoms with E-state index in [0.717, 1.165) is 12.8 Å². The normalized spacial score (nSPS) is 17.7. The van der Waals surface area contributed by atoms with Crippen molar-refractivity contribution in [3.63, 3.8) is 0 Å². The molecule has 12 heteroatoms. The summed E-state index contributed by atoms with van der Waals surface area (Å²) in [4.78, 5) is 45.7. The lowest BCUT2D eigenvalue weighted by molar-refractivity contribution is -0.133. The number of piperidine rings is 1. The minimum absolute atomic E-state index is 0.109. The Morgan fingerprint density at radius 2 is 1.80 bits per heavy atom. The number of hydrogen-bond acceptors (Lipinski definition) is 8. The Balaban J connectivity index is 1.37. The lowest BCUT2D eigenvalue weighted by Gasteiger charge is -2.31. The molecule has 3 amide bonds. The molecule has 11 nitrogen and oxygen atoms in total. The van der Waals surface area contributed by atoms with E-state index >= 15 is 4.39 Å². The minimum atomic E-state index is -1.11. The number of hydrogen-bond donors (Lipinski definition) is 1. The van der Waals surface area contributed by atoms with Crippen molar-refractivity contribution in [1.29, 1.82) is 5.26 Å². The molecule has 2 fully saturated rings. The fraction of sp³-hybridized carbons (Fsp3) is 0.559. The van der Waals surface area contributed by atoms with E-state index in [0.29, 0.717) is 62.0 Å². The number of aromatic nitrogens is 1. The molecular weight excluding hydrogens is 593 g/mol. The Kier molecular flexibility index (Phi) is 11.4. The summed E-state index contributed by atoms with van der Waals surface area (Å²) >= 11 is 0. The van der Waals surface area contributed by atoms with Crippen LogP contribution in [0.5, 0.6) is 5.88 Å². The summed E-state index contributed by atoms with van der Waals surface area (Å²) in [6.45, 7) is 10.9. The van der Waals surface area contributed by atoms with Crippen molar-refractivity contribution in [1.82, 2.24) is 20.1 Å². The highest BCUT2D eigenvalue weighted by Crippen LogP contribution is 2.26. The number of ether oxygens (including phenoxy) is 3. The number of nitriles is 1. The predicted molar refractivity (Wildman–Crippen MR) is 168 cm³/mol. The molecule has 2 aliphatic heterocycles. The van der Waals surface area contributed by atoms with E-state index in [9.17, 15) is 19.6 Å². The number of benzene rings is 1. The highest BCUT2D eigenvalue weighted by Gasteiger charge is 2.35. The van der Waals surface area contributed by atoms with Crippen LogP contribution >= 0.6 is 0 Å². The molecule has 4 rings (SSSR count). The van der Waals surface area contributed by atoms with Gasteiger partial charge in [0.1, 0.15) is 23.5 Å². The summed E-state index contributed by atoms with van der Waals surface area (Å²) in [5.41, 5.74) is 0.725. The molecule has 46 heavy (non-hydrogen) atoms.